The minimum absolute atomic E-state index is 0.398. The standard InChI is InChI=1S/C21H23N3O3/c1-4-13-27-19-11-5-16(6-12-19)14-22-24-21(26)20(25)23-18-9-7-17(8-10-18)15(2)3/h4-12,14-15H,1,13H2,2-3H3,(H,23,25)(H,24,26)/b22-14-. The molecule has 140 valence electrons. The summed E-state index contributed by atoms with van der Waals surface area (Å²) in [6.45, 7) is 8.18. The fourth-order valence-electron chi connectivity index (χ4n) is 2.16. The highest BCUT2D eigenvalue weighted by Gasteiger charge is 2.12. The van der Waals surface area contributed by atoms with Crippen LogP contribution in [-0.2, 0) is 9.59 Å². The molecule has 2 N–H and O–H groups in total. The van der Waals surface area contributed by atoms with Crippen LogP contribution >= 0.6 is 0 Å². The molecule has 2 aromatic rings. The molecule has 0 saturated heterocycles. The number of hydrazone groups is 1. The lowest BCUT2D eigenvalue weighted by Gasteiger charge is -2.07. The van der Waals surface area contributed by atoms with Crippen LogP contribution in [0.5, 0.6) is 5.75 Å². The normalized spacial score (nSPS) is 10.6. The fraction of sp³-hybridized carbons (Fsp3) is 0.190. The first-order valence-corrected chi connectivity index (χ1v) is 8.57. The summed E-state index contributed by atoms with van der Waals surface area (Å²) in [6.07, 6.45) is 3.11. The van der Waals surface area contributed by atoms with E-state index in [1.54, 1.807) is 42.5 Å². The maximum Gasteiger partial charge on any atom is 0.329 e. The van der Waals surface area contributed by atoms with Gasteiger partial charge in [0.15, 0.2) is 0 Å². The van der Waals surface area contributed by atoms with Crippen LogP contribution < -0.4 is 15.5 Å². The number of anilines is 1. The Morgan fingerprint density at radius 3 is 2.33 bits per heavy atom. The number of hydrogen-bond donors (Lipinski definition) is 2. The minimum atomic E-state index is -0.842. The van der Waals surface area contributed by atoms with Gasteiger partial charge in [0.25, 0.3) is 0 Å². The Hall–Kier alpha value is -3.41. The van der Waals surface area contributed by atoms with Gasteiger partial charge < -0.3 is 10.1 Å². The van der Waals surface area contributed by atoms with Gasteiger partial charge in [-0.3, -0.25) is 9.59 Å². The Labute approximate surface area is 158 Å². The third kappa shape index (κ3) is 6.43. The number of hydrogen-bond acceptors (Lipinski definition) is 4. The highest BCUT2D eigenvalue weighted by Crippen LogP contribution is 2.17. The van der Waals surface area contributed by atoms with Crippen LogP contribution in [-0.4, -0.2) is 24.6 Å². The third-order valence-electron chi connectivity index (χ3n) is 3.67. The number of nitrogens with one attached hydrogen (secondary N) is 2. The van der Waals surface area contributed by atoms with Gasteiger partial charge >= 0.3 is 11.8 Å². The quantitative estimate of drug-likeness (QED) is 0.341. The van der Waals surface area contributed by atoms with E-state index in [2.05, 4.69) is 36.3 Å². The van der Waals surface area contributed by atoms with Gasteiger partial charge in [-0.1, -0.05) is 38.6 Å². The van der Waals surface area contributed by atoms with Crippen molar-refractivity contribution in [3.63, 3.8) is 0 Å². The van der Waals surface area contributed by atoms with Gasteiger partial charge in [-0.15, -0.1) is 0 Å². The number of amides is 2. The second-order valence-electron chi connectivity index (χ2n) is 6.10. The second kappa shape index (κ2) is 9.91. The van der Waals surface area contributed by atoms with Crippen molar-refractivity contribution in [3.05, 3.63) is 72.3 Å². The van der Waals surface area contributed by atoms with Crippen molar-refractivity contribution in [2.24, 2.45) is 5.10 Å². The van der Waals surface area contributed by atoms with Crippen LogP contribution in [0, 0.1) is 0 Å². The summed E-state index contributed by atoms with van der Waals surface area (Å²) in [5, 5.41) is 6.33. The van der Waals surface area contributed by atoms with Crippen molar-refractivity contribution in [3.8, 4) is 5.75 Å². The van der Waals surface area contributed by atoms with Crippen LogP contribution in [0.4, 0.5) is 5.69 Å². The molecule has 6 heteroatoms. The molecular weight excluding hydrogens is 342 g/mol. The molecule has 2 rings (SSSR count). The zero-order valence-electron chi connectivity index (χ0n) is 15.4. The number of benzene rings is 2. The van der Waals surface area contributed by atoms with Crippen LogP contribution in [0.3, 0.4) is 0 Å². The van der Waals surface area contributed by atoms with E-state index in [-0.39, 0.29) is 0 Å². The summed E-state index contributed by atoms with van der Waals surface area (Å²) in [6, 6.07) is 14.5. The Balaban J connectivity index is 1.84. The topological polar surface area (TPSA) is 79.8 Å². The number of carbonyl (C=O) groups is 2. The number of nitrogens with zero attached hydrogens (tertiary/aromatic N) is 1. The monoisotopic (exact) mass is 365 g/mol. The van der Waals surface area contributed by atoms with E-state index < -0.39 is 11.8 Å². The van der Waals surface area contributed by atoms with E-state index in [0.717, 1.165) is 11.1 Å². The Morgan fingerprint density at radius 2 is 1.74 bits per heavy atom. The zero-order chi connectivity index (χ0) is 19.6. The molecule has 0 aromatic heterocycles. The van der Waals surface area contributed by atoms with E-state index >= 15 is 0 Å². The van der Waals surface area contributed by atoms with Crippen molar-refractivity contribution in [1.29, 1.82) is 0 Å². The molecular formula is C21H23N3O3. The third-order valence-corrected chi connectivity index (χ3v) is 3.67. The van der Waals surface area contributed by atoms with Crippen LogP contribution in [0.15, 0.2) is 66.3 Å². The first-order chi connectivity index (χ1) is 13.0. The number of carbonyl (C=O) groups excluding carboxylic acids is 2. The molecule has 0 aliphatic carbocycles. The minimum Gasteiger partial charge on any atom is -0.490 e. The van der Waals surface area contributed by atoms with Gasteiger partial charge in [0.05, 0.1) is 6.21 Å². The summed E-state index contributed by atoms with van der Waals surface area (Å²) in [5.74, 6) is -0.517. The summed E-state index contributed by atoms with van der Waals surface area (Å²) in [5.41, 5.74) is 4.67. The van der Waals surface area contributed by atoms with E-state index in [1.807, 2.05) is 12.1 Å². The molecule has 0 atom stereocenters. The lowest BCUT2D eigenvalue weighted by Crippen LogP contribution is -2.32. The Bertz CT molecular complexity index is 810. The van der Waals surface area contributed by atoms with Crippen LogP contribution in [0.1, 0.15) is 30.9 Å². The van der Waals surface area contributed by atoms with E-state index in [1.165, 1.54) is 6.21 Å². The molecule has 0 spiro atoms. The van der Waals surface area contributed by atoms with Crippen molar-refractivity contribution in [1.82, 2.24) is 5.43 Å². The first kappa shape index (κ1) is 19.9. The molecule has 0 fully saturated rings. The van der Waals surface area contributed by atoms with E-state index in [0.29, 0.717) is 24.0 Å². The van der Waals surface area contributed by atoms with Gasteiger partial charge in [-0.2, -0.15) is 5.10 Å². The molecule has 6 nitrogen and oxygen atoms in total. The number of rotatable bonds is 7. The zero-order valence-corrected chi connectivity index (χ0v) is 15.4. The SMILES string of the molecule is C=CCOc1ccc(/C=N\NC(=O)C(=O)Nc2ccc(C(C)C)cc2)cc1. The molecule has 0 heterocycles. The molecule has 0 saturated carbocycles. The highest BCUT2D eigenvalue weighted by atomic mass is 16.5. The van der Waals surface area contributed by atoms with Crippen LogP contribution in [0.2, 0.25) is 0 Å². The molecule has 0 radical (unpaired) electrons. The predicted octanol–water partition coefficient (Wildman–Crippen LogP) is 3.46. The average Bonchev–Trinajstić information content (AvgIpc) is 2.67. The largest absolute Gasteiger partial charge is 0.490 e. The van der Waals surface area contributed by atoms with Gasteiger partial charge in [0.2, 0.25) is 0 Å². The van der Waals surface area contributed by atoms with E-state index in [9.17, 15) is 9.59 Å². The fourth-order valence-corrected chi connectivity index (χ4v) is 2.16. The molecule has 2 amide bonds. The molecule has 2 aromatic carbocycles. The maximum absolute atomic E-state index is 11.9. The second-order valence-corrected chi connectivity index (χ2v) is 6.10. The summed E-state index contributed by atoms with van der Waals surface area (Å²) < 4.78 is 5.38. The van der Waals surface area contributed by atoms with Crippen molar-refractivity contribution in [2.75, 3.05) is 11.9 Å². The smallest absolute Gasteiger partial charge is 0.329 e. The lowest BCUT2D eigenvalue weighted by molar-refractivity contribution is -0.136. The molecule has 0 bridgehead atoms. The summed E-state index contributed by atoms with van der Waals surface area (Å²) >= 11 is 0. The van der Waals surface area contributed by atoms with Gasteiger partial charge in [-0.05, 0) is 53.4 Å². The van der Waals surface area contributed by atoms with Gasteiger partial charge in [-0.25, -0.2) is 5.43 Å². The molecule has 0 unspecified atom stereocenters. The highest BCUT2D eigenvalue weighted by molar-refractivity contribution is 6.39. The van der Waals surface area contributed by atoms with Gasteiger partial charge in [0.1, 0.15) is 12.4 Å². The predicted molar refractivity (Wildman–Crippen MR) is 107 cm³/mol. The van der Waals surface area contributed by atoms with Crippen molar-refractivity contribution in [2.45, 2.75) is 19.8 Å². The molecule has 0 aliphatic heterocycles. The van der Waals surface area contributed by atoms with Crippen molar-refractivity contribution < 1.29 is 14.3 Å². The van der Waals surface area contributed by atoms with Crippen molar-refractivity contribution >= 4 is 23.7 Å². The maximum atomic E-state index is 11.9. The van der Waals surface area contributed by atoms with Gasteiger partial charge in [0, 0.05) is 5.69 Å². The molecule has 0 aliphatic rings. The Morgan fingerprint density at radius 1 is 1.07 bits per heavy atom. The molecule has 27 heavy (non-hydrogen) atoms. The summed E-state index contributed by atoms with van der Waals surface area (Å²) in [7, 11) is 0. The first-order valence-electron chi connectivity index (χ1n) is 8.57. The number of ether oxygens (including phenoxy) is 1. The summed E-state index contributed by atoms with van der Waals surface area (Å²) in [4.78, 5) is 23.7. The van der Waals surface area contributed by atoms with E-state index in [4.69, 9.17) is 4.74 Å². The average molecular weight is 365 g/mol. The lowest BCUT2D eigenvalue weighted by atomic mass is 10.0. The van der Waals surface area contributed by atoms with Crippen LogP contribution in [0.25, 0.3) is 0 Å². The Kier molecular flexibility index (Phi) is 7.31.